The summed E-state index contributed by atoms with van der Waals surface area (Å²) in [7, 11) is 1.17. The van der Waals surface area contributed by atoms with Gasteiger partial charge < -0.3 is 0 Å². The summed E-state index contributed by atoms with van der Waals surface area (Å²) in [6, 6.07) is 0. The molecule has 0 aromatic carbocycles. The molecule has 1 rings (SSSR count). The Bertz CT molecular complexity index is 133. The molecule has 0 saturated carbocycles. The molecule has 0 bridgehead atoms. The Hall–Kier alpha value is -0.260. The second-order valence-corrected chi connectivity index (χ2v) is 2.07. The van der Waals surface area contributed by atoms with Crippen molar-refractivity contribution < 1.29 is 0 Å². The van der Waals surface area contributed by atoms with Gasteiger partial charge in [-0.25, -0.2) is 0 Å². The maximum absolute atomic E-state index is 2.20. The average Bonchev–Trinajstić information content (AvgIpc) is 1.91. The molecule has 0 radical (unpaired) electrons. The quantitative estimate of drug-likeness (QED) is 0.371. The summed E-state index contributed by atoms with van der Waals surface area (Å²) in [5, 5.41) is 0. The summed E-state index contributed by atoms with van der Waals surface area (Å²) in [4.78, 5) is 0. The van der Waals surface area contributed by atoms with E-state index in [1.54, 1.807) is 0 Å². The molecule has 0 fully saturated rings. The van der Waals surface area contributed by atoms with Crippen LogP contribution < -0.4 is 0 Å². The predicted molar refractivity (Wildman–Crippen MR) is 37.3 cm³/mol. The Kier molecular flexibility index (Phi) is 1.18. The van der Waals surface area contributed by atoms with E-state index in [1.807, 2.05) is 0 Å². The molecule has 0 atom stereocenters. The van der Waals surface area contributed by atoms with Crippen LogP contribution in [0.25, 0.3) is 0 Å². The van der Waals surface area contributed by atoms with Crippen LogP contribution in [0.15, 0.2) is 11.0 Å². The summed E-state index contributed by atoms with van der Waals surface area (Å²) in [5.41, 5.74) is 2.96. The average molecular weight is 89.7 g/mol. The molecule has 0 saturated heterocycles. The third-order valence-corrected chi connectivity index (χ3v) is 1.47. The van der Waals surface area contributed by atoms with Crippen molar-refractivity contribution in [3.05, 3.63) is 11.0 Å². The monoisotopic (exact) mass is 90.1 g/mol. The van der Waals surface area contributed by atoms with E-state index in [2.05, 4.69) is 26.6 Å². The number of hydrogen-bond donors (Lipinski definition) is 0. The molecule has 1 aliphatic rings. The molecule has 0 aliphatic carbocycles. The summed E-state index contributed by atoms with van der Waals surface area (Å²) < 4.78 is 0. The summed E-state index contributed by atoms with van der Waals surface area (Å²) in [6.45, 7) is 6.53. The Balaban J connectivity index is 2.79. The van der Waals surface area contributed by atoms with E-state index in [0.717, 1.165) is 0 Å². The molecule has 0 unspecified atom stereocenters. The second kappa shape index (κ2) is 1.69. The zero-order valence-corrected chi connectivity index (χ0v) is 4.86. The molecule has 0 amide bonds. The molecule has 7 heavy (non-hydrogen) atoms. The van der Waals surface area contributed by atoms with E-state index in [0.29, 0.717) is 0 Å². The first-order chi connectivity index (χ1) is 3.30. The molecule has 2 heteroatoms. The van der Waals surface area contributed by atoms with E-state index >= 15 is 0 Å². The van der Waals surface area contributed by atoms with Gasteiger partial charge in [0.05, 0.1) is 0 Å². The second-order valence-electron chi connectivity index (χ2n) is 2.07. The van der Waals surface area contributed by atoms with Crippen molar-refractivity contribution in [1.29, 1.82) is 0 Å². The molecule has 34 valence electrons. The number of hydrogen-bond acceptors (Lipinski definition) is 0. The Morgan fingerprint density at radius 3 is 2.43 bits per heavy atom. The van der Waals surface area contributed by atoms with Crippen LogP contribution in [0.5, 0.6) is 0 Å². The van der Waals surface area contributed by atoms with Crippen molar-refractivity contribution in [1.82, 2.24) is 0 Å². The molecule has 0 aromatic heterocycles. The first kappa shape index (κ1) is 4.89. The zero-order valence-electron chi connectivity index (χ0n) is 4.86. The SMILES string of the molecule is CC1=C(C)C=BB1. The van der Waals surface area contributed by atoms with Gasteiger partial charge in [-0.2, -0.15) is 0 Å². The van der Waals surface area contributed by atoms with E-state index in [9.17, 15) is 0 Å². The van der Waals surface area contributed by atoms with Crippen LogP contribution in [-0.2, 0) is 0 Å². The predicted octanol–water partition coefficient (Wildman–Crippen LogP) is 0.152. The summed E-state index contributed by atoms with van der Waals surface area (Å²) >= 11 is 0. The van der Waals surface area contributed by atoms with Gasteiger partial charge in [-0.15, -0.1) is 0 Å². The van der Waals surface area contributed by atoms with Gasteiger partial charge in [0.25, 0.3) is 0 Å². The van der Waals surface area contributed by atoms with E-state index < -0.39 is 0 Å². The number of allylic oxidation sites excluding steroid dienone is 2. The summed E-state index contributed by atoms with van der Waals surface area (Å²) in [5.74, 6) is 2.18. The molecule has 0 aromatic rings. The van der Waals surface area contributed by atoms with Gasteiger partial charge >= 0.3 is 44.8 Å². The Labute approximate surface area is 45.7 Å². The van der Waals surface area contributed by atoms with Crippen molar-refractivity contribution >= 4 is 19.9 Å². The van der Waals surface area contributed by atoms with Crippen LogP contribution in [0.4, 0.5) is 0 Å². The minimum atomic E-state index is 1.17. The first-order valence-electron chi connectivity index (χ1n) is 2.63. The minimum absolute atomic E-state index is 1.17. The van der Waals surface area contributed by atoms with Gasteiger partial charge in [0, 0.05) is 0 Å². The van der Waals surface area contributed by atoms with E-state index in [1.165, 1.54) is 18.2 Å². The molecular weight excluding hydrogens is 81.7 g/mol. The van der Waals surface area contributed by atoms with Crippen molar-refractivity contribution in [2.75, 3.05) is 0 Å². The zero-order chi connectivity index (χ0) is 5.28. The molecular formula is C5H8B2. The van der Waals surface area contributed by atoms with Crippen molar-refractivity contribution in [3.8, 4) is 0 Å². The van der Waals surface area contributed by atoms with E-state index in [-0.39, 0.29) is 0 Å². The van der Waals surface area contributed by atoms with Crippen LogP contribution in [-0.4, -0.2) is 19.9 Å². The van der Waals surface area contributed by atoms with Gasteiger partial charge in [0.1, 0.15) is 0 Å². The molecule has 1 heterocycles. The fourth-order valence-electron chi connectivity index (χ4n) is 0.716. The van der Waals surface area contributed by atoms with Gasteiger partial charge in [-0.1, -0.05) is 0 Å². The number of rotatable bonds is 0. The standard InChI is InChI=1S/C5H8B2/c1-4-3-6-7-5(4)2/h3,7H,1-2H3. The van der Waals surface area contributed by atoms with E-state index in [4.69, 9.17) is 0 Å². The van der Waals surface area contributed by atoms with Crippen LogP contribution in [0.2, 0.25) is 0 Å². The van der Waals surface area contributed by atoms with Gasteiger partial charge in [-0.05, 0) is 0 Å². The maximum atomic E-state index is 2.20. The van der Waals surface area contributed by atoms with Crippen LogP contribution >= 0.6 is 0 Å². The Morgan fingerprint density at radius 2 is 2.29 bits per heavy atom. The van der Waals surface area contributed by atoms with Crippen molar-refractivity contribution in [3.63, 3.8) is 0 Å². The first-order valence-corrected chi connectivity index (χ1v) is 2.63. The third-order valence-electron chi connectivity index (χ3n) is 1.47. The van der Waals surface area contributed by atoms with Crippen molar-refractivity contribution in [2.45, 2.75) is 13.8 Å². The van der Waals surface area contributed by atoms with Gasteiger partial charge in [0.15, 0.2) is 0 Å². The van der Waals surface area contributed by atoms with Gasteiger partial charge in [-0.3, -0.25) is 0 Å². The topological polar surface area (TPSA) is 0 Å². The third kappa shape index (κ3) is 0.846. The van der Waals surface area contributed by atoms with Crippen LogP contribution in [0.1, 0.15) is 13.8 Å². The van der Waals surface area contributed by atoms with Crippen LogP contribution in [0.3, 0.4) is 0 Å². The van der Waals surface area contributed by atoms with Gasteiger partial charge in [0.2, 0.25) is 0 Å². The molecule has 0 nitrogen and oxygen atoms in total. The van der Waals surface area contributed by atoms with Crippen LogP contribution in [0, 0.1) is 0 Å². The normalized spacial score (nSPS) is 16.9. The fraction of sp³-hybridized carbons (Fsp3) is 0.400. The molecule has 0 spiro atoms. The Morgan fingerprint density at radius 1 is 1.57 bits per heavy atom. The van der Waals surface area contributed by atoms with Crippen molar-refractivity contribution in [2.24, 2.45) is 0 Å². The molecule has 1 aliphatic heterocycles. The molecule has 0 N–H and O–H groups in total. The summed E-state index contributed by atoms with van der Waals surface area (Å²) in [6.07, 6.45) is 0. The fourth-order valence-corrected chi connectivity index (χ4v) is 0.716.